The fourth-order valence-corrected chi connectivity index (χ4v) is 1.67. The maximum atomic E-state index is 12.8. The third kappa shape index (κ3) is 1.20. The molecule has 1 aromatic heterocycles. The van der Waals surface area contributed by atoms with Gasteiger partial charge >= 0.3 is 0 Å². The molecule has 3 heteroatoms. The average molecular weight is 226 g/mol. The lowest BCUT2D eigenvalue weighted by molar-refractivity contribution is 0.629. The number of rotatable bonds is 0. The van der Waals surface area contributed by atoms with Gasteiger partial charge in [0.25, 0.3) is 0 Å². The van der Waals surface area contributed by atoms with Crippen molar-refractivity contribution in [1.29, 1.82) is 0 Å². The Morgan fingerprint density at radius 2 is 2.17 bits per heavy atom. The molecule has 0 aliphatic heterocycles. The van der Waals surface area contributed by atoms with Crippen LogP contribution in [0.4, 0.5) is 4.39 Å². The Kier molecular flexibility index (Phi) is 1.81. The quantitative estimate of drug-likeness (QED) is 0.672. The Morgan fingerprint density at radius 1 is 1.33 bits per heavy atom. The third-order valence-corrected chi connectivity index (χ3v) is 2.33. The maximum Gasteiger partial charge on any atom is 0.124 e. The predicted molar refractivity (Wildman–Crippen MR) is 49.4 cm³/mol. The van der Waals surface area contributed by atoms with Gasteiger partial charge in [-0.1, -0.05) is 0 Å². The summed E-state index contributed by atoms with van der Waals surface area (Å²) < 4.78 is 13.6. The van der Waals surface area contributed by atoms with Gasteiger partial charge in [-0.05, 0) is 39.5 Å². The van der Waals surface area contributed by atoms with Crippen LogP contribution >= 0.6 is 15.9 Å². The number of fused-ring (bicyclic) bond motifs is 1. The molecule has 1 aromatic carbocycles. The molecular weight excluding hydrogens is 221 g/mol. The first-order valence-corrected chi connectivity index (χ1v) is 4.25. The largest absolute Gasteiger partial charge is 0.264 e. The molecule has 0 aliphatic rings. The molecule has 0 saturated carbocycles. The standard InChI is InChI=1S/C9H5BrFN/c10-9-4-7(11)3-6-1-2-12-5-8(6)9/h1-5H. The van der Waals surface area contributed by atoms with Gasteiger partial charge in [0.1, 0.15) is 5.82 Å². The number of hydrogen-bond acceptors (Lipinski definition) is 1. The molecule has 0 N–H and O–H groups in total. The Morgan fingerprint density at radius 3 is 3.00 bits per heavy atom. The summed E-state index contributed by atoms with van der Waals surface area (Å²) in [7, 11) is 0. The van der Waals surface area contributed by atoms with Gasteiger partial charge < -0.3 is 0 Å². The van der Waals surface area contributed by atoms with E-state index in [1.165, 1.54) is 12.1 Å². The van der Waals surface area contributed by atoms with Gasteiger partial charge in [-0.15, -0.1) is 0 Å². The lowest BCUT2D eigenvalue weighted by atomic mass is 10.2. The Labute approximate surface area is 77.4 Å². The van der Waals surface area contributed by atoms with E-state index in [2.05, 4.69) is 20.9 Å². The Balaban J connectivity index is 2.89. The van der Waals surface area contributed by atoms with E-state index in [0.717, 1.165) is 15.2 Å². The Bertz CT molecular complexity index is 428. The first-order chi connectivity index (χ1) is 5.77. The van der Waals surface area contributed by atoms with Crippen LogP contribution in [0.5, 0.6) is 0 Å². The van der Waals surface area contributed by atoms with Crippen molar-refractivity contribution in [2.45, 2.75) is 0 Å². The highest BCUT2D eigenvalue weighted by Gasteiger charge is 2.00. The molecule has 2 aromatic rings. The summed E-state index contributed by atoms with van der Waals surface area (Å²) in [6.07, 6.45) is 3.35. The van der Waals surface area contributed by atoms with Crippen LogP contribution in [0.15, 0.2) is 35.1 Å². The second-order valence-corrected chi connectivity index (χ2v) is 3.34. The van der Waals surface area contributed by atoms with E-state index in [4.69, 9.17) is 0 Å². The third-order valence-electron chi connectivity index (χ3n) is 1.67. The molecular formula is C9H5BrFN. The topological polar surface area (TPSA) is 12.9 Å². The van der Waals surface area contributed by atoms with Crippen LogP contribution in [-0.2, 0) is 0 Å². The molecule has 0 spiro atoms. The van der Waals surface area contributed by atoms with Crippen molar-refractivity contribution < 1.29 is 4.39 Å². The summed E-state index contributed by atoms with van der Waals surface area (Å²) in [6.45, 7) is 0. The maximum absolute atomic E-state index is 12.8. The van der Waals surface area contributed by atoms with Crippen molar-refractivity contribution in [2.75, 3.05) is 0 Å². The summed E-state index contributed by atoms with van der Waals surface area (Å²) in [5, 5.41) is 1.79. The molecule has 0 amide bonds. The van der Waals surface area contributed by atoms with E-state index < -0.39 is 0 Å². The summed E-state index contributed by atoms with van der Waals surface area (Å²) in [6, 6.07) is 4.70. The van der Waals surface area contributed by atoms with Crippen LogP contribution in [-0.4, -0.2) is 4.98 Å². The molecule has 1 heterocycles. The van der Waals surface area contributed by atoms with Crippen LogP contribution in [0.1, 0.15) is 0 Å². The van der Waals surface area contributed by atoms with Crippen molar-refractivity contribution in [3.05, 3.63) is 40.9 Å². The molecule has 0 aliphatic carbocycles. The zero-order valence-corrected chi connectivity index (χ0v) is 7.68. The number of halogens is 2. The summed E-state index contributed by atoms with van der Waals surface area (Å²) >= 11 is 3.27. The molecule has 0 radical (unpaired) electrons. The lowest BCUT2D eigenvalue weighted by Crippen LogP contribution is -1.79. The van der Waals surface area contributed by atoms with Gasteiger partial charge in [0.05, 0.1) is 0 Å². The molecule has 0 fully saturated rings. The van der Waals surface area contributed by atoms with E-state index >= 15 is 0 Å². The number of nitrogens with zero attached hydrogens (tertiary/aromatic N) is 1. The molecule has 0 saturated heterocycles. The van der Waals surface area contributed by atoms with Crippen LogP contribution in [0.3, 0.4) is 0 Å². The normalized spacial score (nSPS) is 10.5. The first kappa shape index (κ1) is 7.68. The van der Waals surface area contributed by atoms with Crippen molar-refractivity contribution in [3.8, 4) is 0 Å². The number of aromatic nitrogens is 1. The number of benzene rings is 1. The highest BCUT2D eigenvalue weighted by atomic mass is 79.9. The highest BCUT2D eigenvalue weighted by Crippen LogP contribution is 2.23. The van der Waals surface area contributed by atoms with Crippen LogP contribution in [0.25, 0.3) is 10.8 Å². The summed E-state index contributed by atoms with van der Waals surface area (Å²) in [5.74, 6) is -0.236. The van der Waals surface area contributed by atoms with Gasteiger partial charge in [-0.25, -0.2) is 4.39 Å². The van der Waals surface area contributed by atoms with Crippen molar-refractivity contribution in [3.63, 3.8) is 0 Å². The summed E-state index contributed by atoms with van der Waals surface area (Å²) in [4.78, 5) is 3.95. The minimum Gasteiger partial charge on any atom is -0.264 e. The second kappa shape index (κ2) is 2.83. The zero-order valence-electron chi connectivity index (χ0n) is 6.09. The van der Waals surface area contributed by atoms with Crippen molar-refractivity contribution in [2.24, 2.45) is 0 Å². The molecule has 60 valence electrons. The fraction of sp³-hybridized carbons (Fsp3) is 0. The molecule has 0 atom stereocenters. The van der Waals surface area contributed by atoms with Crippen LogP contribution in [0.2, 0.25) is 0 Å². The monoisotopic (exact) mass is 225 g/mol. The van der Waals surface area contributed by atoms with Gasteiger partial charge in [0.15, 0.2) is 0 Å². The van der Waals surface area contributed by atoms with Gasteiger partial charge in [-0.3, -0.25) is 4.98 Å². The van der Waals surface area contributed by atoms with Crippen LogP contribution < -0.4 is 0 Å². The second-order valence-electron chi connectivity index (χ2n) is 2.48. The summed E-state index contributed by atoms with van der Waals surface area (Å²) in [5.41, 5.74) is 0. The van der Waals surface area contributed by atoms with Gasteiger partial charge in [0, 0.05) is 22.3 Å². The average Bonchev–Trinajstić information content (AvgIpc) is 2.04. The van der Waals surface area contributed by atoms with Crippen molar-refractivity contribution in [1.82, 2.24) is 4.98 Å². The van der Waals surface area contributed by atoms with E-state index in [-0.39, 0.29) is 5.82 Å². The van der Waals surface area contributed by atoms with Gasteiger partial charge in [0.2, 0.25) is 0 Å². The smallest absolute Gasteiger partial charge is 0.124 e. The predicted octanol–water partition coefficient (Wildman–Crippen LogP) is 3.14. The molecule has 0 bridgehead atoms. The van der Waals surface area contributed by atoms with E-state index in [0.29, 0.717) is 0 Å². The van der Waals surface area contributed by atoms with Gasteiger partial charge in [-0.2, -0.15) is 0 Å². The van der Waals surface area contributed by atoms with E-state index in [1.54, 1.807) is 18.5 Å². The minimum absolute atomic E-state index is 0.236. The first-order valence-electron chi connectivity index (χ1n) is 3.46. The van der Waals surface area contributed by atoms with E-state index in [1.807, 2.05) is 0 Å². The number of pyridine rings is 1. The fourth-order valence-electron chi connectivity index (χ4n) is 1.12. The van der Waals surface area contributed by atoms with E-state index in [9.17, 15) is 4.39 Å². The van der Waals surface area contributed by atoms with Crippen LogP contribution in [0, 0.1) is 5.82 Å². The minimum atomic E-state index is -0.236. The SMILES string of the molecule is Fc1cc(Br)c2cnccc2c1. The van der Waals surface area contributed by atoms with Crippen molar-refractivity contribution >= 4 is 26.7 Å². The molecule has 2 rings (SSSR count). The molecule has 0 unspecified atom stereocenters. The lowest BCUT2D eigenvalue weighted by Gasteiger charge is -1.98. The highest BCUT2D eigenvalue weighted by molar-refractivity contribution is 9.10. The Hall–Kier alpha value is -0.960. The number of hydrogen-bond donors (Lipinski definition) is 0. The zero-order chi connectivity index (χ0) is 8.55. The molecule has 12 heavy (non-hydrogen) atoms. The molecule has 1 nitrogen and oxygen atoms in total.